The highest BCUT2D eigenvalue weighted by molar-refractivity contribution is 6.30. The van der Waals surface area contributed by atoms with Crippen LogP contribution in [-0.4, -0.2) is 24.8 Å². The number of ketones is 1. The molecule has 0 aliphatic carbocycles. The molecule has 144 valence electrons. The van der Waals surface area contributed by atoms with E-state index in [1.807, 2.05) is 0 Å². The van der Waals surface area contributed by atoms with E-state index < -0.39 is 11.9 Å². The number of esters is 1. The van der Waals surface area contributed by atoms with Gasteiger partial charge < -0.3 is 14.5 Å². The molecule has 1 aromatic heterocycles. The molecule has 0 aliphatic heterocycles. The summed E-state index contributed by atoms with van der Waals surface area (Å²) in [5.74, 6) is -1.78. The van der Waals surface area contributed by atoms with Crippen molar-refractivity contribution in [3.63, 3.8) is 0 Å². The second-order valence-corrected chi connectivity index (χ2v) is 6.73. The number of carbonyl (C=O) groups excluding carboxylic acids is 3. The molecule has 0 fully saturated rings. The lowest BCUT2D eigenvalue weighted by molar-refractivity contribution is -0.143. The number of halogens is 1. The second-order valence-electron chi connectivity index (χ2n) is 6.30. The van der Waals surface area contributed by atoms with Crippen LogP contribution >= 0.6 is 11.6 Å². The van der Waals surface area contributed by atoms with Gasteiger partial charge in [-0.05, 0) is 42.5 Å². The molecule has 1 unspecified atom stereocenters. The van der Waals surface area contributed by atoms with E-state index in [0.717, 1.165) is 5.39 Å². The summed E-state index contributed by atoms with van der Waals surface area (Å²) in [5, 5.41) is 3.98. The van der Waals surface area contributed by atoms with Crippen LogP contribution in [0.4, 0.5) is 5.69 Å². The Labute approximate surface area is 166 Å². The van der Waals surface area contributed by atoms with E-state index in [1.54, 1.807) is 48.5 Å². The Balaban J connectivity index is 1.88. The minimum Gasteiger partial charge on any atom is -0.468 e. The van der Waals surface area contributed by atoms with Gasteiger partial charge in [-0.3, -0.25) is 14.4 Å². The summed E-state index contributed by atoms with van der Waals surface area (Å²) in [5.41, 5.74) is 1.51. The highest BCUT2D eigenvalue weighted by Crippen LogP contribution is 2.26. The van der Waals surface area contributed by atoms with Crippen molar-refractivity contribution in [1.29, 1.82) is 0 Å². The van der Waals surface area contributed by atoms with E-state index in [-0.39, 0.29) is 18.1 Å². The van der Waals surface area contributed by atoms with Crippen molar-refractivity contribution >= 4 is 45.9 Å². The maximum Gasteiger partial charge on any atom is 0.317 e. The number of Topliss-reactive ketones (excluding diaryl/α,β-unsaturated/α-hetero) is 1. The number of hydrogen-bond acceptors (Lipinski definition) is 5. The Morgan fingerprint density at radius 2 is 1.82 bits per heavy atom. The molecule has 3 aromatic rings. The number of amides is 1. The molecule has 0 radical (unpaired) electrons. The molecule has 3 rings (SSSR count). The zero-order valence-corrected chi connectivity index (χ0v) is 16.1. The Morgan fingerprint density at radius 1 is 1.11 bits per heavy atom. The maximum atomic E-state index is 12.8. The molecule has 1 heterocycles. The topological polar surface area (TPSA) is 85.6 Å². The van der Waals surface area contributed by atoms with E-state index in [0.29, 0.717) is 27.6 Å². The van der Waals surface area contributed by atoms with E-state index in [2.05, 4.69) is 5.32 Å². The number of hydrogen-bond donors (Lipinski definition) is 1. The summed E-state index contributed by atoms with van der Waals surface area (Å²) < 4.78 is 10.6. The smallest absolute Gasteiger partial charge is 0.317 e. The standard InChI is InChI=1S/C21H18ClNO5/c1-12(24)23-16-8-5-14-9-17(28-19(14)10-16)11-18(21(26)27-2)20(25)13-3-6-15(22)7-4-13/h3-10,18H,11H2,1-2H3,(H,23,24). The average molecular weight is 400 g/mol. The lowest BCUT2D eigenvalue weighted by atomic mass is 9.93. The summed E-state index contributed by atoms with van der Waals surface area (Å²) in [7, 11) is 1.24. The summed E-state index contributed by atoms with van der Waals surface area (Å²) in [6, 6.07) is 13.3. The van der Waals surface area contributed by atoms with Crippen LogP contribution in [0.3, 0.4) is 0 Å². The molecular formula is C21H18ClNO5. The highest BCUT2D eigenvalue weighted by Gasteiger charge is 2.30. The molecule has 2 aromatic carbocycles. The van der Waals surface area contributed by atoms with Crippen LogP contribution in [0.25, 0.3) is 11.0 Å². The average Bonchev–Trinajstić information content (AvgIpc) is 3.07. The van der Waals surface area contributed by atoms with Crippen molar-refractivity contribution in [3.8, 4) is 0 Å². The highest BCUT2D eigenvalue weighted by atomic mass is 35.5. The van der Waals surface area contributed by atoms with Gasteiger partial charge in [-0.1, -0.05) is 11.6 Å². The number of carbonyl (C=O) groups is 3. The van der Waals surface area contributed by atoms with Gasteiger partial charge in [-0.15, -0.1) is 0 Å². The monoisotopic (exact) mass is 399 g/mol. The number of anilines is 1. The molecule has 1 amide bonds. The Kier molecular flexibility index (Phi) is 5.80. The van der Waals surface area contributed by atoms with Gasteiger partial charge >= 0.3 is 5.97 Å². The van der Waals surface area contributed by atoms with Crippen LogP contribution in [0.2, 0.25) is 5.02 Å². The molecule has 7 heteroatoms. The molecule has 1 N–H and O–H groups in total. The molecule has 0 aliphatic rings. The molecule has 0 saturated heterocycles. The van der Waals surface area contributed by atoms with Crippen LogP contribution in [0.15, 0.2) is 52.9 Å². The SMILES string of the molecule is COC(=O)C(Cc1cc2ccc(NC(C)=O)cc2o1)C(=O)c1ccc(Cl)cc1. The van der Waals surface area contributed by atoms with Gasteiger partial charge in [0.1, 0.15) is 17.3 Å². The quantitative estimate of drug-likeness (QED) is 0.380. The summed E-state index contributed by atoms with van der Waals surface area (Å²) >= 11 is 5.86. The van der Waals surface area contributed by atoms with Crippen molar-refractivity contribution < 1.29 is 23.5 Å². The van der Waals surface area contributed by atoms with Crippen molar-refractivity contribution in [2.24, 2.45) is 5.92 Å². The molecule has 6 nitrogen and oxygen atoms in total. The maximum absolute atomic E-state index is 12.8. The van der Waals surface area contributed by atoms with E-state index in [1.165, 1.54) is 14.0 Å². The van der Waals surface area contributed by atoms with Gasteiger partial charge in [0.15, 0.2) is 5.78 Å². The lowest BCUT2D eigenvalue weighted by Gasteiger charge is -2.12. The predicted molar refractivity (Wildman–Crippen MR) is 106 cm³/mol. The second kappa shape index (κ2) is 8.27. The Bertz CT molecular complexity index is 1040. The Morgan fingerprint density at radius 3 is 2.46 bits per heavy atom. The minimum absolute atomic E-state index is 0.0539. The molecule has 1 atom stereocenters. The zero-order valence-electron chi connectivity index (χ0n) is 15.3. The Hall–Kier alpha value is -3.12. The van der Waals surface area contributed by atoms with Crippen LogP contribution < -0.4 is 5.32 Å². The summed E-state index contributed by atoms with van der Waals surface area (Å²) in [6.45, 7) is 1.42. The van der Waals surface area contributed by atoms with Crippen LogP contribution in [0.5, 0.6) is 0 Å². The van der Waals surface area contributed by atoms with Gasteiger partial charge in [-0.2, -0.15) is 0 Å². The van der Waals surface area contributed by atoms with Crippen molar-refractivity contribution in [1.82, 2.24) is 0 Å². The molecular weight excluding hydrogens is 382 g/mol. The van der Waals surface area contributed by atoms with E-state index in [4.69, 9.17) is 20.8 Å². The first-order chi connectivity index (χ1) is 13.4. The fourth-order valence-corrected chi connectivity index (χ4v) is 3.04. The van der Waals surface area contributed by atoms with Crippen molar-refractivity contribution in [2.45, 2.75) is 13.3 Å². The third-order valence-electron chi connectivity index (χ3n) is 4.23. The number of fused-ring (bicyclic) bond motifs is 1. The summed E-state index contributed by atoms with van der Waals surface area (Å²) in [4.78, 5) is 36.2. The predicted octanol–water partition coefficient (Wildman–Crippen LogP) is 4.26. The number of furan rings is 1. The van der Waals surface area contributed by atoms with E-state index in [9.17, 15) is 14.4 Å². The zero-order chi connectivity index (χ0) is 20.3. The minimum atomic E-state index is -1.04. The third kappa shape index (κ3) is 4.40. The molecule has 0 saturated carbocycles. The largest absolute Gasteiger partial charge is 0.468 e. The molecule has 28 heavy (non-hydrogen) atoms. The fraction of sp³-hybridized carbons (Fsp3) is 0.190. The van der Waals surface area contributed by atoms with Gasteiger partial charge in [0, 0.05) is 41.1 Å². The first kappa shape index (κ1) is 19.6. The van der Waals surface area contributed by atoms with E-state index >= 15 is 0 Å². The number of nitrogens with one attached hydrogen (secondary N) is 1. The van der Waals surface area contributed by atoms with Crippen LogP contribution in [0, 0.1) is 5.92 Å². The van der Waals surface area contributed by atoms with Gasteiger partial charge in [0.2, 0.25) is 5.91 Å². The number of methoxy groups -OCH3 is 1. The number of rotatable bonds is 6. The number of benzene rings is 2. The van der Waals surface area contributed by atoms with Crippen molar-refractivity contribution in [3.05, 3.63) is 64.9 Å². The van der Waals surface area contributed by atoms with Gasteiger partial charge in [-0.25, -0.2) is 0 Å². The normalized spacial score (nSPS) is 11.8. The van der Waals surface area contributed by atoms with Gasteiger partial charge in [0.05, 0.1) is 7.11 Å². The first-order valence-corrected chi connectivity index (χ1v) is 8.93. The van der Waals surface area contributed by atoms with Crippen LogP contribution in [0.1, 0.15) is 23.0 Å². The molecule has 0 spiro atoms. The third-order valence-corrected chi connectivity index (χ3v) is 4.48. The van der Waals surface area contributed by atoms with Gasteiger partial charge in [0.25, 0.3) is 0 Å². The van der Waals surface area contributed by atoms with Crippen LogP contribution in [-0.2, 0) is 20.7 Å². The first-order valence-electron chi connectivity index (χ1n) is 8.55. The molecule has 0 bridgehead atoms. The van der Waals surface area contributed by atoms with Crippen molar-refractivity contribution in [2.75, 3.05) is 12.4 Å². The fourth-order valence-electron chi connectivity index (χ4n) is 2.91. The lowest BCUT2D eigenvalue weighted by Crippen LogP contribution is -2.27. The number of ether oxygens (including phenoxy) is 1. The summed E-state index contributed by atoms with van der Waals surface area (Å²) in [6.07, 6.45) is 0.0539.